The van der Waals surface area contributed by atoms with Gasteiger partial charge in [-0.15, -0.1) is 0 Å². The van der Waals surface area contributed by atoms with Crippen LogP contribution in [0.25, 0.3) is 0 Å². The van der Waals surface area contributed by atoms with Gasteiger partial charge in [0, 0.05) is 4.47 Å². The standard InChI is InChI=1S/C11H10BrFN2O4/c1-5(9(16)15-11(14)18)19-10(17)7-4-6(13)2-3-8(7)12/h2-5H,1H3,(H3,14,15,16,18)/t5-/m0/s1. The molecule has 1 aromatic rings. The molecule has 0 fully saturated rings. The van der Waals surface area contributed by atoms with Crippen LogP contribution in [0.3, 0.4) is 0 Å². The van der Waals surface area contributed by atoms with Crippen molar-refractivity contribution in [3.63, 3.8) is 0 Å². The van der Waals surface area contributed by atoms with Crippen LogP contribution in [0.2, 0.25) is 0 Å². The molecule has 102 valence electrons. The maximum atomic E-state index is 13.0. The Hall–Kier alpha value is -1.96. The monoisotopic (exact) mass is 332 g/mol. The van der Waals surface area contributed by atoms with E-state index in [1.807, 2.05) is 0 Å². The van der Waals surface area contributed by atoms with E-state index >= 15 is 0 Å². The van der Waals surface area contributed by atoms with Crippen LogP contribution in [0.1, 0.15) is 17.3 Å². The van der Waals surface area contributed by atoms with E-state index in [2.05, 4.69) is 15.9 Å². The number of amides is 3. The zero-order chi connectivity index (χ0) is 14.6. The lowest BCUT2D eigenvalue weighted by Crippen LogP contribution is -2.42. The third-order valence-corrected chi connectivity index (χ3v) is 2.74. The predicted molar refractivity (Wildman–Crippen MR) is 66.7 cm³/mol. The van der Waals surface area contributed by atoms with Crippen LogP contribution < -0.4 is 11.1 Å². The summed E-state index contributed by atoms with van der Waals surface area (Å²) in [5.41, 5.74) is 4.68. The number of hydrogen-bond donors (Lipinski definition) is 2. The number of carbonyl (C=O) groups is 3. The summed E-state index contributed by atoms with van der Waals surface area (Å²) in [5, 5.41) is 1.76. The Morgan fingerprint density at radius 3 is 2.63 bits per heavy atom. The van der Waals surface area contributed by atoms with Crippen molar-refractivity contribution in [2.45, 2.75) is 13.0 Å². The van der Waals surface area contributed by atoms with Gasteiger partial charge >= 0.3 is 12.0 Å². The number of urea groups is 1. The molecule has 0 aliphatic rings. The van der Waals surface area contributed by atoms with Crippen molar-refractivity contribution >= 4 is 33.8 Å². The van der Waals surface area contributed by atoms with Crippen molar-refractivity contribution in [3.8, 4) is 0 Å². The fourth-order valence-electron chi connectivity index (χ4n) is 1.15. The van der Waals surface area contributed by atoms with Gasteiger partial charge in [-0.1, -0.05) is 0 Å². The number of halogens is 2. The molecule has 0 aliphatic carbocycles. The van der Waals surface area contributed by atoms with E-state index in [9.17, 15) is 18.8 Å². The van der Waals surface area contributed by atoms with Crippen LogP contribution in [0.5, 0.6) is 0 Å². The van der Waals surface area contributed by atoms with Gasteiger partial charge in [-0.2, -0.15) is 0 Å². The minimum atomic E-state index is -1.24. The van der Waals surface area contributed by atoms with Crippen molar-refractivity contribution in [2.24, 2.45) is 5.73 Å². The highest BCUT2D eigenvalue weighted by molar-refractivity contribution is 9.10. The predicted octanol–water partition coefficient (Wildman–Crippen LogP) is 1.33. The number of primary amides is 1. The summed E-state index contributed by atoms with van der Waals surface area (Å²) >= 11 is 3.06. The van der Waals surface area contributed by atoms with E-state index in [-0.39, 0.29) is 5.56 Å². The third-order valence-electron chi connectivity index (χ3n) is 2.05. The number of nitrogens with two attached hydrogens (primary N) is 1. The molecule has 6 nitrogen and oxygen atoms in total. The van der Waals surface area contributed by atoms with Gasteiger partial charge in [0.15, 0.2) is 6.10 Å². The van der Waals surface area contributed by atoms with Gasteiger partial charge in [-0.05, 0) is 41.1 Å². The van der Waals surface area contributed by atoms with Gasteiger partial charge in [0.2, 0.25) is 0 Å². The van der Waals surface area contributed by atoms with Crippen molar-refractivity contribution < 1.29 is 23.5 Å². The van der Waals surface area contributed by atoms with Crippen LogP contribution >= 0.6 is 15.9 Å². The van der Waals surface area contributed by atoms with E-state index in [4.69, 9.17) is 10.5 Å². The fourth-order valence-corrected chi connectivity index (χ4v) is 1.56. The number of rotatable bonds is 3. The number of carbonyl (C=O) groups excluding carboxylic acids is 3. The van der Waals surface area contributed by atoms with Gasteiger partial charge in [-0.25, -0.2) is 14.0 Å². The summed E-state index contributed by atoms with van der Waals surface area (Å²) in [6, 6.07) is 2.40. The van der Waals surface area contributed by atoms with Crippen molar-refractivity contribution in [2.75, 3.05) is 0 Å². The lowest BCUT2D eigenvalue weighted by atomic mass is 10.2. The molecule has 1 aromatic carbocycles. The molecular weight excluding hydrogens is 323 g/mol. The molecule has 19 heavy (non-hydrogen) atoms. The molecule has 8 heteroatoms. The lowest BCUT2D eigenvalue weighted by molar-refractivity contribution is -0.127. The number of ether oxygens (including phenoxy) is 1. The summed E-state index contributed by atoms with van der Waals surface area (Å²) in [4.78, 5) is 33.5. The SMILES string of the molecule is C[C@H](OC(=O)c1cc(F)ccc1Br)C(=O)NC(N)=O. The first-order valence-corrected chi connectivity index (χ1v) is 5.87. The number of nitrogens with one attached hydrogen (secondary N) is 1. The molecule has 0 aromatic heterocycles. The first-order chi connectivity index (χ1) is 8.81. The second kappa shape index (κ2) is 6.28. The quantitative estimate of drug-likeness (QED) is 0.815. The zero-order valence-corrected chi connectivity index (χ0v) is 11.4. The summed E-state index contributed by atoms with van der Waals surface area (Å²) in [7, 11) is 0. The summed E-state index contributed by atoms with van der Waals surface area (Å²) in [6.07, 6.45) is -1.24. The lowest BCUT2D eigenvalue weighted by Gasteiger charge is -2.12. The first kappa shape index (κ1) is 15.1. The Labute approximate surface area is 116 Å². The van der Waals surface area contributed by atoms with Crippen molar-refractivity contribution in [3.05, 3.63) is 34.1 Å². The molecule has 0 aliphatic heterocycles. The molecule has 0 radical (unpaired) electrons. The van der Waals surface area contributed by atoms with Crippen LogP contribution in [0.4, 0.5) is 9.18 Å². The molecule has 0 unspecified atom stereocenters. The number of esters is 1. The Bertz CT molecular complexity index is 535. The van der Waals surface area contributed by atoms with Crippen LogP contribution in [-0.4, -0.2) is 24.0 Å². The zero-order valence-electron chi connectivity index (χ0n) is 9.78. The second-order valence-electron chi connectivity index (χ2n) is 3.53. The average molecular weight is 333 g/mol. The number of imide groups is 1. The third kappa shape index (κ3) is 4.32. The number of hydrogen-bond acceptors (Lipinski definition) is 4. The molecule has 0 bridgehead atoms. The highest BCUT2D eigenvalue weighted by atomic mass is 79.9. The van der Waals surface area contributed by atoms with Gasteiger partial charge in [0.25, 0.3) is 5.91 Å². The first-order valence-electron chi connectivity index (χ1n) is 5.07. The van der Waals surface area contributed by atoms with Gasteiger partial charge < -0.3 is 10.5 Å². The van der Waals surface area contributed by atoms with E-state index in [0.29, 0.717) is 4.47 Å². The van der Waals surface area contributed by atoms with Crippen LogP contribution in [0.15, 0.2) is 22.7 Å². The summed E-state index contributed by atoms with van der Waals surface area (Å²) < 4.78 is 18.1. The van der Waals surface area contributed by atoms with Crippen molar-refractivity contribution in [1.29, 1.82) is 0 Å². The van der Waals surface area contributed by atoms with Crippen molar-refractivity contribution in [1.82, 2.24) is 5.32 Å². The topological polar surface area (TPSA) is 98.5 Å². The van der Waals surface area contributed by atoms with E-state index in [1.54, 1.807) is 5.32 Å². The van der Waals surface area contributed by atoms with Gasteiger partial charge in [0.1, 0.15) is 5.82 Å². The summed E-state index contributed by atoms with van der Waals surface area (Å²) in [6.45, 7) is 1.25. The number of benzene rings is 1. The van der Waals surface area contributed by atoms with E-state index < -0.39 is 29.8 Å². The van der Waals surface area contributed by atoms with E-state index in [0.717, 1.165) is 12.1 Å². The Morgan fingerprint density at radius 1 is 1.42 bits per heavy atom. The Kier molecular flexibility index (Phi) is 4.99. The summed E-state index contributed by atoms with van der Waals surface area (Å²) in [5.74, 6) is -2.39. The molecule has 1 atom stereocenters. The Balaban J connectivity index is 2.77. The molecule has 1 rings (SSSR count). The largest absolute Gasteiger partial charge is 0.449 e. The molecule has 0 saturated heterocycles. The Morgan fingerprint density at radius 2 is 2.05 bits per heavy atom. The minimum Gasteiger partial charge on any atom is -0.449 e. The highest BCUT2D eigenvalue weighted by Crippen LogP contribution is 2.19. The fraction of sp³-hybridized carbons (Fsp3) is 0.182. The second-order valence-corrected chi connectivity index (χ2v) is 4.38. The maximum Gasteiger partial charge on any atom is 0.340 e. The average Bonchev–Trinajstić information content (AvgIpc) is 2.31. The maximum absolute atomic E-state index is 13.0. The van der Waals surface area contributed by atoms with Crippen LogP contribution in [-0.2, 0) is 9.53 Å². The molecule has 0 spiro atoms. The highest BCUT2D eigenvalue weighted by Gasteiger charge is 2.21. The molecular formula is C11H10BrFN2O4. The van der Waals surface area contributed by atoms with Crippen LogP contribution in [0, 0.1) is 5.82 Å². The normalized spacial score (nSPS) is 11.5. The molecule has 3 amide bonds. The molecule has 0 saturated carbocycles. The molecule has 3 N–H and O–H groups in total. The molecule has 0 heterocycles. The minimum absolute atomic E-state index is 0.0706. The van der Waals surface area contributed by atoms with E-state index in [1.165, 1.54) is 13.0 Å². The van der Waals surface area contributed by atoms with Gasteiger partial charge in [-0.3, -0.25) is 10.1 Å². The van der Waals surface area contributed by atoms with Gasteiger partial charge in [0.05, 0.1) is 5.56 Å². The smallest absolute Gasteiger partial charge is 0.340 e.